The molecule has 0 spiro atoms. The maximum absolute atomic E-state index is 13.9. The zero-order chi connectivity index (χ0) is 27.6. The van der Waals surface area contributed by atoms with E-state index in [0.29, 0.717) is 4.80 Å². The third kappa shape index (κ3) is 5.49. The van der Waals surface area contributed by atoms with E-state index >= 15 is 0 Å². The van der Waals surface area contributed by atoms with E-state index in [0.717, 1.165) is 52.9 Å². The van der Waals surface area contributed by atoms with Crippen molar-refractivity contribution in [1.82, 2.24) is 4.68 Å². The SMILES string of the molecule is O=C(Nn1cc(-c2ccc3ccccc3c2)sc1=Nc1ccccc1)c1cc2ccc1CCc1ccc(cc1)CC2. The number of hydrogen-bond acceptors (Lipinski definition) is 3. The van der Waals surface area contributed by atoms with Crippen molar-refractivity contribution in [3.63, 3.8) is 0 Å². The highest BCUT2D eigenvalue weighted by Gasteiger charge is 2.16. The van der Waals surface area contributed by atoms with E-state index in [4.69, 9.17) is 4.99 Å². The van der Waals surface area contributed by atoms with Gasteiger partial charge < -0.3 is 0 Å². The predicted molar refractivity (Wildman–Crippen MR) is 168 cm³/mol. The van der Waals surface area contributed by atoms with Crippen LogP contribution in [0.2, 0.25) is 0 Å². The van der Waals surface area contributed by atoms with Crippen molar-refractivity contribution < 1.29 is 4.79 Å². The van der Waals surface area contributed by atoms with Crippen LogP contribution in [-0.4, -0.2) is 10.6 Å². The number of carbonyl (C=O) groups excluding carboxylic acids is 1. The third-order valence-corrected chi connectivity index (χ3v) is 8.75. The van der Waals surface area contributed by atoms with Crippen molar-refractivity contribution in [1.29, 1.82) is 0 Å². The maximum atomic E-state index is 13.9. The molecule has 10 rings (SSSR count). The van der Waals surface area contributed by atoms with Gasteiger partial charge in [0.2, 0.25) is 4.80 Å². The Morgan fingerprint density at radius 2 is 1.37 bits per heavy atom. The van der Waals surface area contributed by atoms with Crippen LogP contribution in [0.4, 0.5) is 5.69 Å². The van der Waals surface area contributed by atoms with Gasteiger partial charge >= 0.3 is 0 Å². The van der Waals surface area contributed by atoms with Crippen LogP contribution in [0, 0.1) is 0 Å². The number of carbonyl (C=O) groups is 1. The van der Waals surface area contributed by atoms with Crippen LogP contribution in [0.25, 0.3) is 21.2 Å². The summed E-state index contributed by atoms with van der Waals surface area (Å²) in [5, 5.41) is 2.38. The first-order chi connectivity index (χ1) is 20.2. The molecule has 1 amide bonds. The first-order valence-electron chi connectivity index (χ1n) is 14.0. The number of hydrogen-bond donors (Lipinski definition) is 1. The van der Waals surface area contributed by atoms with E-state index in [-0.39, 0.29) is 5.91 Å². The molecule has 0 saturated heterocycles. The van der Waals surface area contributed by atoms with Gasteiger partial charge in [-0.2, -0.15) is 0 Å². The van der Waals surface area contributed by atoms with Gasteiger partial charge in [-0.05, 0) is 88.5 Å². The first-order valence-corrected chi connectivity index (χ1v) is 14.8. The summed E-state index contributed by atoms with van der Waals surface area (Å²) >= 11 is 1.56. The van der Waals surface area contributed by atoms with Gasteiger partial charge in [0.05, 0.1) is 10.6 Å². The number of para-hydroxylation sites is 1. The molecule has 0 unspecified atom stereocenters. The zero-order valence-electron chi connectivity index (χ0n) is 22.6. The number of thiazole rings is 1. The average Bonchev–Trinajstić information content (AvgIpc) is 3.40. The Labute approximate surface area is 243 Å². The summed E-state index contributed by atoms with van der Waals surface area (Å²) < 4.78 is 1.78. The number of benzene rings is 5. The maximum Gasteiger partial charge on any atom is 0.270 e. The summed E-state index contributed by atoms with van der Waals surface area (Å²) in [7, 11) is 0. The summed E-state index contributed by atoms with van der Waals surface area (Å²) in [5.74, 6) is -0.120. The Balaban J connectivity index is 1.26. The van der Waals surface area contributed by atoms with Crippen LogP contribution in [0.3, 0.4) is 0 Å². The number of aromatic nitrogens is 1. The number of aryl methyl sites for hydroxylation is 4. The van der Waals surface area contributed by atoms with Crippen LogP contribution in [-0.2, 0) is 25.7 Å². The summed E-state index contributed by atoms with van der Waals surface area (Å²) in [6, 6.07) is 40.0. The molecule has 0 atom stereocenters. The van der Waals surface area contributed by atoms with Crippen molar-refractivity contribution in [2.24, 2.45) is 4.99 Å². The molecule has 4 aliphatic carbocycles. The van der Waals surface area contributed by atoms with Gasteiger partial charge in [0, 0.05) is 11.8 Å². The van der Waals surface area contributed by atoms with Gasteiger partial charge in [0.1, 0.15) is 0 Å². The predicted octanol–water partition coefficient (Wildman–Crippen LogP) is 7.87. The smallest absolute Gasteiger partial charge is 0.267 e. The minimum absolute atomic E-state index is 0.120. The fraction of sp³-hybridized carbons (Fsp3) is 0.111. The van der Waals surface area contributed by atoms with Gasteiger partial charge in [0.25, 0.3) is 5.91 Å². The molecular formula is C36H29N3OS. The van der Waals surface area contributed by atoms with E-state index in [9.17, 15) is 4.79 Å². The lowest BCUT2D eigenvalue weighted by molar-refractivity contribution is 0.101. The van der Waals surface area contributed by atoms with E-state index in [1.165, 1.54) is 27.5 Å². The van der Waals surface area contributed by atoms with Crippen molar-refractivity contribution in [3.8, 4) is 10.4 Å². The van der Waals surface area contributed by atoms with Gasteiger partial charge in [-0.25, -0.2) is 9.67 Å². The zero-order valence-corrected chi connectivity index (χ0v) is 23.4. The molecule has 0 saturated carbocycles. The lowest BCUT2D eigenvalue weighted by Gasteiger charge is -2.15. The molecule has 1 N–H and O–H groups in total. The van der Waals surface area contributed by atoms with Crippen LogP contribution < -0.4 is 10.2 Å². The second-order valence-electron chi connectivity index (χ2n) is 10.5. The number of nitrogens with zero attached hydrogens (tertiary/aromatic N) is 2. The monoisotopic (exact) mass is 551 g/mol. The molecule has 5 aromatic carbocycles. The summed E-state index contributed by atoms with van der Waals surface area (Å²) in [4.78, 5) is 20.6. The molecule has 0 aliphatic heterocycles. The molecule has 4 bridgehead atoms. The summed E-state index contributed by atoms with van der Waals surface area (Å²) in [6.07, 6.45) is 5.53. The van der Waals surface area contributed by atoms with Gasteiger partial charge in [0.15, 0.2) is 0 Å². The Bertz CT molecular complexity index is 1930. The van der Waals surface area contributed by atoms with Crippen molar-refractivity contribution in [2.45, 2.75) is 25.7 Å². The standard InChI is InChI=1S/C36H29N3OS/c40-35(33-22-27-15-14-25-10-12-26(13-11-25)16-18-29(33)19-17-27)38-39-24-34(41-36(39)37-32-8-2-1-3-9-32)31-21-20-28-6-4-5-7-30(28)23-31/h1-13,17,19-24H,14-16,18H2,(H,38,40). The van der Waals surface area contributed by atoms with Crippen molar-refractivity contribution >= 4 is 33.7 Å². The molecule has 200 valence electrons. The fourth-order valence-electron chi connectivity index (χ4n) is 5.41. The van der Waals surface area contributed by atoms with Crippen LogP contribution in [0.1, 0.15) is 32.6 Å². The quantitative estimate of drug-likeness (QED) is 0.238. The van der Waals surface area contributed by atoms with Crippen molar-refractivity contribution in [2.75, 3.05) is 5.43 Å². The second kappa shape index (κ2) is 11.0. The lowest BCUT2D eigenvalue weighted by Crippen LogP contribution is -2.30. The number of nitrogens with one attached hydrogen (secondary N) is 1. The minimum Gasteiger partial charge on any atom is -0.267 e. The normalized spacial score (nSPS) is 13.2. The molecule has 0 fully saturated rings. The molecule has 0 radical (unpaired) electrons. The van der Waals surface area contributed by atoms with Gasteiger partial charge in [-0.3, -0.25) is 10.2 Å². The molecule has 41 heavy (non-hydrogen) atoms. The first kappa shape index (κ1) is 25.2. The number of amides is 1. The van der Waals surface area contributed by atoms with Gasteiger partial charge in [-0.15, -0.1) is 0 Å². The summed E-state index contributed by atoms with van der Waals surface area (Å²) in [6.45, 7) is 0. The molecule has 1 aromatic heterocycles. The van der Waals surface area contributed by atoms with E-state index < -0.39 is 0 Å². The highest BCUT2D eigenvalue weighted by atomic mass is 32.1. The number of fused-ring (bicyclic) bond motifs is 1. The fourth-order valence-corrected chi connectivity index (χ4v) is 6.36. The Hall–Kier alpha value is -4.74. The largest absolute Gasteiger partial charge is 0.270 e. The minimum atomic E-state index is -0.120. The molecule has 6 aromatic rings. The van der Waals surface area contributed by atoms with Crippen LogP contribution in [0.15, 0.2) is 126 Å². The van der Waals surface area contributed by atoms with Crippen LogP contribution >= 0.6 is 11.3 Å². The van der Waals surface area contributed by atoms with Crippen molar-refractivity contribution in [3.05, 3.63) is 154 Å². The summed E-state index contributed by atoms with van der Waals surface area (Å²) in [5.41, 5.74) is 10.7. The second-order valence-corrected chi connectivity index (χ2v) is 11.5. The van der Waals surface area contributed by atoms with E-state index in [2.05, 4.69) is 90.4 Å². The molecule has 1 heterocycles. The van der Waals surface area contributed by atoms with E-state index in [1.807, 2.05) is 36.5 Å². The van der Waals surface area contributed by atoms with E-state index in [1.54, 1.807) is 16.0 Å². The Morgan fingerprint density at radius 1 is 0.683 bits per heavy atom. The van der Waals surface area contributed by atoms with Gasteiger partial charge in [-0.1, -0.05) is 102 Å². The topological polar surface area (TPSA) is 46.4 Å². The van der Waals surface area contributed by atoms with Crippen LogP contribution in [0.5, 0.6) is 0 Å². The number of rotatable bonds is 4. The highest BCUT2D eigenvalue weighted by Crippen LogP contribution is 2.27. The molecule has 4 nitrogen and oxygen atoms in total. The lowest BCUT2D eigenvalue weighted by atomic mass is 9.93. The Kier molecular flexibility index (Phi) is 6.79. The highest BCUT2D eigenvalue weighted by molar-refractivity contribution is 7.12. The molecule has 5 heteroatoms. The molecular weight excluding hydrogens is 522 g/mol. The molecule has 4 aliphatic rings. The third-order valence-electron chi connectivity index (χ3n) is 7.72. The Morgan fingerprint density at radius 3 is 2.17 bits per heavy atom. The average molecular weight is 552 g/mol.